The van der Waals surface area contributed by atoms with E-state index in [1.54, 1.807) is 52.1 Å². The van der Waals surface area contributed by atoms with Gasteiger partial charge in [-0.2, -0.15) is 0 Å². The third-order valence-corrected chi connectivity index (χ3v) is 18.9. The van der Waals surface area contributed by atoms with Gasteiger partial charge in [-0.1, -0.05) is 53.7 Å². The van der Waals surface area contributed by atoms with Crippen molar-refractivity contribution in [2.45, 2.75) is 147 Å². The van der Waals surface area contributed by atoms with Crippen LogP contribution in [0.4, 0.5) is 0 Å². The normalized spacial score (nSPS) is 22.1. The van der Waals surface area contributed by atoms with Crippen LogP contribution in [0.3, 0.4) is 0 Å². The molecule has 1 aromatic carbocycles. The van der Waals surface area contributed by atoms with Crippen molar-refractivity contribution in [3.8, 4) is 5.75 Å². The topological polar surface area (TPSA) is 153 Å². The van der Waals surface area contributed by atoms with Gasteiger partial charge in [0.25, 0.3) is 5.56 Å². The minimum absolute atomic E-state index is 0.00243. The second kappa shape index (κ2) is 14.6. The highest BCUT2D eigenvalue weighted by Crippen LogP contribution is 2.46. The lowest BCUT2D eigenvalue weighted by molar-refractivity contribution is -0.164. The fourth-order valence-electron chi connectivity index (χ4n) is 4.95. The summed E-state index contributed by atoms with van der Waals surface area (Å²) in [4.78, 5) is 40.5. The smallest absolute Gasteiger partial charge is 0.333 e. The van der Waals surface area contributed by atoms with Gasteiger partial charge in [-0.3, -0.25) is 18.7 Å². The molecule has 1 fully saturated rings. The van der Waals surface area contributed by atoms with E-state index in [2.05, 4.69) is 67.7 Å². The lowest BCUT2D eigenvalue weighted by Crippen LogP contribution is -2.58. The van der Waals surface area contributed by atoms with Gasteiger partial charge in [-0.05, 0) is 74.7 Å². The molecule has 2 aromatic rings. The van der Waals surface area contributed by atoms with Crippen LogP contribution in [0, 0.1) is 0 Å². The third kappa shape index (κ3) is 9.40. The fraction of sp³-hybridized carbons (Fsp3) is 0.686. The zero-order valence-corrected chi connectivity index (χ0v) is 33.8. The van der Waals surface area contributed by atoms with Crippen LogP contribution >= 0.6 is 0 Å². The van der Waals surface area contributed by atoms with E-state index in [9.17, 15) is 19.5 Å². The largest absolute Gasteiger partial charge is 0.497 e. The van der Waals surface area contributed by atoms with Crippen LogP contribution in [0.15, 0.2) is 46.1 Å². The van der Waals surface area contributed by atoms with E-state index >= 15 is 0 Å². The Labute approximate surface area is 293 Å². The molecule has 0 saturated carbocycles. The Kier molecular flexibility index (Phi) is 12.1. The monoisotopic (exact) mass is 721 g/mol. The molecule has 1 aliphatic rings. The Bertz CT molecular complexity index is 1570. The number of esters is 1. The first-order valence-corrected chi connectivity index (χ1v) is 22.6. The summed E-state index contributed by atoms with van der Waals surface area (Å²) in [7, 11) is -3.66. The molecule has 14 heteroatoms. The maximum absolute atomic E-state index is 14.2. The Hall–Kier alpha value is -2.60. The second-order valence-corrected chi connectivity index (χ2v) is 26.5. The van der Waals surface area contributed by atoms with E-state index in [1.807, 2.05) is 0 Å². The minimum Gasteiger partial charge on any atom is -0.497 e. The lowest BCUT2D eigenvalue weighted by atomic mass is 10.00. The summed E-state index contributed by atoms with van der Waals surface area (Å²) >= 11 is 0. The number of benzene rings is 1. The fourth-order valence-corrected chi connectivity index (χ4v) is 7.54. The van der Waals surface area contributed by atoms with Gasteiger partial charge >= 0.3 is 11.7 Å². The quantitative estimate of drug-likeness (QED) is 0.245. The average molecular weight is 722 g/mol. The molecule has 0 amide bonds. The highest BCUT2D eigenvalue weighted by atomic mass is 28.4. The highest BCUT2D eigenvalue weighted by Gasteiger charge is 2.57. The molecule has 1 saturated heterocycles. The maximum Gasteiger partial charge on any atom is 0.333 e. The summed E-state index contributed by atoms with van der Waals surface area (Å²) in [5.74, 6) is -0.154. The number of ether oxygens (including phenoxy) is 3. The number of hydrogen-bond acceptors (Lipinski definition) is 10. The Balaban J connectivity index is 2.23. The summed E-state index contributed by atoms with van der Waals surface area (Å²) < 4.78 is 33.9. The van der Waals surface area contributed by atoms with Crippen molar-refractivity contribution in [2.24, 2.45) is 5.73 Å². The van der Waals surface area contributed by atoms with Crippen molar-refractivity contribution >= 4 is 22.6 Å². The van der Waals surface area contributed by atoms with Gasteiger partial charge in [0, 0.05) is 12.3 Å². The molecule has 2 heterocycles. The molecular formula is C35H59N3O9Si2. The first kappa shape index (κ1) is 40.8. The summed E-state index contributed by atoms with van der Waals surface area (Å²) in [5.41, 5.74) is 5.11. The minimum atomic E-state index is -2.61. The Morgan fingerprint density at radius 2 is 1.41 bits per heavy atom. The molecule has 49 heavy (non-hydrogen) atoms. The number of hydrogen-bond donors (Lipinski definition) is 2. The van der Waals surface area contributed by atoms with Gasteiger partial charge < -0.3 is 33.9 Å². The molecule has 0 radical (unpaired) electrons. The van der Waals surface area contributed by atoms with Gasteiger partial charge in [0.15, 0.2) is 22.9 Å². The van der Waals surface area contributed by atoms with E-state index in [0.29, 0.717) is 5.75 Å². The molecular weight excluding hydrogens is 663 g/mol. The van der Waals surface area contributed by atoms with Crippen molar-refractivity contribution in [1.29, 1.82) is 0 Å². The van der Waals surface area contributed by atoms with Crippen molar-refractivity contribution in [2.75, 3.05) is 7.11 Å². The highest BCUT2D eigenvalue weighted by molar-refractivity contribution is 6.74. The zero-order chi connectivity index (χ0) is 37.5. The summed E-state index contributed by atoms with van der Waals surface area (Å²) in [6.07, 6.45) is -4.37. The van der Waals surface area contributed by atoms with Gasteiger partial charge in [0.2, 0.25) is 0 Å². The van der Waals surface area contributed by atoms with Gasteiger partial charge in [-0.25, -0.2) is 4.79 Å². The molecule has 3 rings (SSSR count). The van der Waals surface area contributed by atoms with Crippen LogP contribution in [-0.4, -0.2) is 80.0 Å². The number of aromatic nitrogens is 2. The van der Waals surface area contributed by atoms with Crippen molar-refractivity contribution in [1.82, 2.24) is 9.13 Å². The predicted octanol–water partition coefficient (Wildman–Crippen LogP) is 4.78. The standard InChI is InChI=1S/C35H59N3O9Si2/c1-33(2,3)45-31(41)25(36)26(40)27-28(46-48(11,12)34(4,5)6)29(47-49(13,14)35(7,8)9)30(44-27)37-20-19-24(39)38(32(37)42)21-22-15-17-23(43-10)18-16-22/h15-20,25-30,40H,21,36H2,1-14H3/t25-,26+,27?,28+,29+,30+/m0/s1. The van der Waals surface area contributed by atoms with Crippen molar-refractivity contribution < 1.29 is 33.0 Å². The number of aliphatic hydroxyl groups is 1. The van der Waals surface area contributed by atoms with E-state index in [4.69, 9.17) is 28.8 Å². The van der Waals surface area contributed by atoms with Crippen LogP contribution in [0.2, 0.25) is 36.3 Å². The molecule has 1 aromatic heterocycles. The van der Waals surface area contributed by atoms with E-state index in [-0.39, 0.29) is 16.6 Å². The first-order chi connectivity index (χ1) is 22.2. The summed E-state index contributed by atoms with van der Waals surface area (Å²) in [6.45, 7) is 26.0. The Morgan fingerprint density at radius 3 is 1.88 bits per heavy atom. The zero-order valence-electron chi connectivity index (χ0n) is 31.8. The van der Waals surface area contributed by atoms with Crippen LogP contribution in [0.5, 0.6) is 5.75 Å². The first-order valence-electron chi connectivity index (χ1n) is 16.8. The van der Waals surface area contributed by atoms with Gasteiger partial charge in [-0.15, -0.1) is 0 Å². The predicted molar refractivity (Wildman–Crippen MR) is 195 cm³/mol. The van der Waals surface area contributed by atoms with Crippen LogP contribution in [0.25, 0.3) is 0 Å². The molecule has 0 bridgehead atoms. The number of aliphatic hydroxyl groups excluding tert-OH is 1. The van der Waals surface area contributed by atoms with Gasteiger partial charge in [0.1, 0.15) is 41.8 Å². The molecule has 12 nitrogen and oxygen atoms in total. The molecule has 0 spiro atoms. The van der Waals surface area contributed by atoms with Crippen LogP contribution in [0.1, 0.15) is 74.1 Å². The number of nitrogens with zero attached hydrogens (tertiary/aromatic N) is 2. The summed E-state index contributed by atoms with van der Waals surface area (Å²) in [6, 6.07) is 6.90. The number of methoxy groups -OCH3 is 1. The van der Waals surface area contributed by atoms with Gasteiger partial charge in [0.05, 0.1) is 13.7 Å². The van der Waals surface area contributed by atoms with E-state index in [1.165, 1.54) is 16.8 Å². The number of carbonyl (C=O) groups is 1. The molecule has 1 aliphatic heterocycles. The van der Waals surface area contributed by atoms with E-state index < -0.39 is 76.1 Å². The molecule has 0 aliphatic carbocycles. The van der Waals surface area contributed by atoms with Crippen molar-refractivity contribution in [3.63, 3.8) is 0 Å². The maximum atomic E-state index is 14.2. The number of nitrogens with two attached hydrogens (primary N) is 1. The van der Waals surface area contributed by atoms with Crippen LogP contribution < -0.4 is 21.7 Å². The van der Waals surface area contributed by atoms with Crippen molar-refractivity contribution in [3.05, 3.63) is 62.9 Å². The Morgan fingerprint density at radius 1 is 0.898 bits per heavy atom. The average Bonchev–Trinajstić information content (AvgIpc) is 3.28. The summed E-state index contributed by atoms with van der Waals surface area (Å²) in [5, 5.41) is 11.3. The number of rotatable bonds is 11. The third-order valence-electron chi connectivity index (χ3n) is 9.95. The lowest BCUT2D eigenvalue weighted by Gasteiger charge is -2.44. The molecule has 276 valence electrons. The molecule has 1 unspecified atom stereocenters. The molecule has 6 atom stereocenters. The molecule has 3 N–H and O–H groups in total. The van der Waals surface area contributed by atoms with Crippen LogP contribution in [-0.2, 0) is 29.7 Å². The van der Waals surface area contributed by atoms with E-state index in [0.717, 1.165) is 10.1 Å². The SMILES string of the molecule is COc1ccc(Cn2c(=O)ccn([C@@H]3OC([C@H](O)[C@H](N)C(=O)OC(C)(C)C)[C@@H](O[Si](C)(C)C(C)(C)C)[C@H]3O[Si](C)(C)C(C)(C)C)c2=O)cc1. The number of carbonyl (C=O) groups excluding carboxylic acids is 1. The second-order valence-electron chi connectivity index (χ2n) is 17.0.